The first-order valence-corrected chi connectivity index (χ1v) is 7.69. The number of halogens is 1. The van der Waals surface area contributed by atoms with E-state index in [1.165, 1.54) is 0 Å². The van der Waals surface area contributed by atoms with Gasteiger partial charge < -0.3 is 14.5 Å². The Labute approximate surface area is 138 Å². The summed E-state index contributed by atoms with van der Waals surface area (Å²) in [6.07, 6.45) is 0. The van der Waals surface area contributed by atoms with E-state index >= 15 is 0 Å². The second-order valence-corrected chi connectivity index (χ2v) is 5.50. The predicted octanol–water partition coefficient (Wildman–Crippen LogP) is 4.71. The van der Waals surface area contributed by atoms with Gasteiger partial charge in [0.2, 0.25) is 0 Å². The van der Waals surface area contributed by atoms with Gasteiger partial charge in [0.1, 0.15) is 5.75 Å². The van der Waals surface area contributed by atoms with E-state index in [9.17, 15) is 0 Å². The van der Waals surface area contributed by atoms with Gasteiger partial charge in [0.15, 0.2) is 11.6 Å². The zero-order chi connectivity index (χ0) is 15.5. The summed E-state index contributed by atoms with van der Waals surface area (Å²) < 4.78 is 13.2. The van der Waals surface area contributed by atoms with Gasteiger partial charge in [-0.2, -0.15) is 0 Å². The number of hydrogen-bond acceptors (Lipinski definition) is 3. The molecular weight excluding hydrogens is 320 g/mol. The summed E-state index contributed by atoms with van der Waals surface area (Å²) in [5.41, 5.74) is 2.84. The summed E-state index contributed by atoms with van der Waals surface area (Å²) >= 11 is 11.5. The minimum absolute atomic E-state index is 0.248. The van der Waals surface area contributed by atoms with Crippen molar-refractivity contribution in [2.45, 2.75) is 6.92 Å². The van der Waals surface area contributed by atoms with Crippen LogP contribution in [0.25, 0.3) is 16.7 Å². The SMILES string of the molecule is CCOCOc1ccc(-n2c(=S)[nH]c3ccc(Cl)cc32)cc1. The number of imidazole rings is 1. The van der Waals surface area contributed by atoms with Crippen LogP contribution in [-0.4, -0.2) is 23.0 Å². The maximum absolute atomic E-state index is 6.09. The fourth-order valence-electron chi connectivity index (χ4n) is 2.22. The van der Waals surface area contributed by atoms with Crippen LogP contribution in [0.2, 0.25) is 5.02 Å². The molecule has 1 N–H and O–H groups in total. The van der Waals surface area contributed by atoms with Crippen molar-refractivity contribution in [3.05, 3.63) is 52.3 Å². The Bertz CT molecular complexity index is 839. The van der Waals surface area contributed by atoms with Crippen LogP contribution in [0.1, 0.15) is 6.92 Å². The van der Waals surface area contributed by atoms with Crippen molar-refractivity contribution in [3.8, 4) is 11.4 Å². The molecule has 4 nitrogen and oxygen atoms in total. The molecule has 22 heavy (non-hydrogen) atoms. The molecule has 1 aromatic heterocycles. The Morgan fingerprint density at radius 2 is 1.95 bits per heavy atom. The molecule has 0 aliphatic rings. The molecule has 0 atom stereocenters. The molecule has 0 amide bonds. The van der Waals surface area contributed by atoms with Gasteiger partial charge in [-0.1, -0.05) is 11.6 Å². The summed E-state index contributed by atoms with van der Waals surface area (Å²) in [5, 5.41) is 0.673. The molecular formula is C16H15ClN2O2S. The van der Waals surface area contributed by atoms with Crippen LogP contribution in [0.3, 0.4) is 0 Å². The van der Waals surface area contributed by atoms with E-state index < -0.39 is 0 Å². The van der Waals surface area contributed by atoms with E-state index in [4.69, 9.17) is 33.3 Å². The maximum atomic E-state index is 6.09. The van der Waals surface area contributed by atoms with Crippen molar-refractivity contribution < 1.29 is 9.47 Å². The fourth-order valence-corrected chi connectivity index (χ4v) is 2.70. The second-order valence-electron chi connectivity index (χ2n) is 4.68. The molecule has 3 aromatic rings. The number of fused-ring (bicyclic) bond motifs is 1. The summed E-state index contributed by atoms with van der Waals surface area (Å²) in [7, 11) is 0. The number of ether oxygens (including phenoxy) is 2. The standard InChI is InChI=1S/C16H15ClN2O2S/c1-2-20-10-21-13-6-4-12(5-7-13)19-15-9-11(17)3-8-14(15)18-16(19)22/h3-9H,2,10H2,1H3,(H,18,22). The third kappa shape index (κ3) is 3.02. The molecule has 0 saturated carbocycles. The van der Waals surface area contributed by atoms with Gasteiger partial charge in [0.25, 0.3) is 0 Å². The molecule has 114 valence electrons. The lowest BCUT2D eigenvalue weighted by Crippen LogP contribution is -2.02. The van der Waals surface area contributed by atoms with Crippen LogP contribution in [-0.2, 0) is 4.74 Å². The van der Waals surface area contributed by atoms with Crippen LogP contribution < -0.4 is 4.74 Å². The van der Waals surface area contributed by atoms with Crippen molar-refractivity contribution in [2.24, 2.45) is 0 Å². The number of aromatic nitrogens is 2. The topological polar surface area (TPSA) is 39.2 Å². The molecule has 0 bridgehead atoms. The van der Waals surface area contributed by atoms with Gasteiger partial charge in [0, 0.05) is 17.3 Å². The van der Waals surface area contributed by atoms with Crippen molar-refractivity contribution >= 4 is 34.9 Å². The molecule has 0 aliphatic heterocycles. The summed E-state index contributed by atoms with van der Waals surface area (Å²) in [4.78, 5) is 3.18. The molecule has 0 spiro atoms. The maximum Gasteiger partial charge on any atom is 0.189 e. The molecule has 0 radical (unpaired) electrons. The number of H-pyrrole nitrogens is 1. The molecule has 0 saturated heterocycles. The van der Waals surface area contributed by atoms with Crippen LogP contribution in [0, 0.1) is 4.77 Å². The van der Waals surface area contributed by atoms with E-state index in [-0.39, 0.29) is 6.79 Å². The summed E-state index contributed by atoms with van der Waals surface area (Å²) in [6.45, 7) is 2.80. The highest BCUT2D eigenvalue weighted by Gasteiger charge is 2.07. The zero-order valence-corrected chi connectivity index (χ0v) is 13.6. The molecule has 1 heterocycles. The van der Waals surface area contributed by atoms with E-state index in [0.29, 0.717) is 16.4 Å². The highest BCUT2D eigenvalue weighted by Crippen LogP contribution is 2.24. The van der Waals surface area contributed by atoms with Gasteiger partial charge >= 0.3 is 0 Å². The lowest BCUT2D eigenvalue weighted by atomic mass is 10.2. The number of hydrogen-bond donors (Lipinski definition) is 1. The van der Waals surface area contributed by atoms with Crippen LogP contribution >= 0.6 is 23.8 Å². The molecule has 2 aromatic carbocycles. The van der Waals surface area contributed by atoms with Crippen molar-refractivity contribution in [1.82, 2.24) is 9.55 Å². The zero-order valence-electron chi connectivity index (χ0n) is 12.0. The van der Waals surface area contributed by atoms with Gasteiger partial charge in [-0.15, -0.1) is 0 Å². The Balaban J connectivity index is 1.95. The van der Waals surface area contributed by atoms with Crippen LogP contribution in [0.15, 0.2) is 42.5 Å². The van der Waals surface area contributed by atoms with E-state index in [1.54, 1.807) is 0 Å². The van der Waals surface area contributed by atoms with E-state index in [0.717, 1.165) is 22.5 Å². The minimum atomic E-state index is 0.248. The van der Waals surface area contributed by atoms with Gasteiger partial charge in [-0.25, -0.2) is 0 Å². The average molecular weight is 335 g/mol. The molecule has 0 aliphatic carbocycles. The fraction of sp³-hybridized carbons (Fsp3) is 0.188. The largest absolute Gasteiger partial charge is 0.468 e. The average Bonchev–Trinajstić information content (AvgIpc) is 2.84. The highest BCUT2D eigenvalue weighted by atomic mass is 35.5. The Morgan fingerprint density at radius 3 is 2.68 bits per heavy atom. The third-order valence-electron chi connectivity index (χ3n) is 3.25. The smallest absolute Gasteiger partial charge is 0.189 e. The van der Waals surface area contributed by atoms with Gasteiger partial charge in [-0.3, -0.25) is 4.57 Å². The predicted molar refractivity (Wildman–Crippen MR) is 90.6 cm³/mol. The van der Waals surface area contributed by atoms with Crippen molar-refractivity contribution in [3.63, 3.8) is 0 Å². The third-order valence-corrected chi connectivity index (χ3v) is 3.77. The number of aromatic amines is 1. The Hall–Kier alpha value is -1.82. The van der Waals surface area contributed by atoms with Crippen molar-refractivity contribution in [1.29, 1.82) is 0 Å². The highest BCUT2D eigenvalue weighted by molar-refractivity contribution is 7.71. The van der Waals surface area contributed by atoms with Crippen LogP contribution in [0.4, 0.5) is 0 Å². The number of rotatable bonds is 5. The molecule has 0 unspecified atom stereocenters. The summed E-state index contributed by atoms with van der Waals surface area (Å²) in [6, 6.07) is 13.3. The number of nitrogens with zero attached hydrogens (tertiary/aromatic N) is 1. The first-order valence-electron chi connectivity index (χ1n) is 6.90. The van der Waals surface area contributed by atoms with Gasteiger partial charge in [0.05, 0.1) is 11.0 Å². The van der Waals surface area contributed by atoms with Crippen LogP contribution in [0.5, 0.6) is 5.75 Å². The van der Waals surface area contributed by atoms with Gasteiger partial charge in [-0.05, 0) is 61.6 Å². The van der Waals surface area contributed by atoms with Crippen molar-refractivity contribution in [2.75, 3.05) is 13.4 Å². The molecule has 6 heteroatoms. The second kappa shape index (κ2) is 6.52. The molecule has 3 rings (SSSR count). The lowest BCUT2D eigenvalue weighted by molar-refractivity contribution is 0.0224. The quantitative estimate of drug-likeness (QED) is 0.417. The van der Waals surface area contributed by atoms with E-state index in [1.807, 2.05) is 54.0 Å². The number of nitrogens with one attached hydrogen (secondary N) is 1. The Kier molecular flexibility index (Phi) is 4.47. The molecule has 0 fully saturated rings. The monoisotopic (exact) mass is 334 g/mol. The lowest BCUT2D eigenvalue weighted by Gasteiger charge is -2.08. The summed E-state index contributed by atoms with van der Waals surface area (Å²) in [5.74, 6) is 0.751. The normalized spacial score (nSPS) is 11.0. The van der Waals surface area contributed by atoms with E-state index in [2.05, 4.69) is 4.98 Å². The minimum Gasteiger partial charge on any atom is -0.468 e. The first-order chi connectivity index (χ1) is 10.7. The first kappa shape index (κ1) is 15.1. The number of benzene rings is 2. The Morgan fingerprint density at radius 1 is 1.18 bits per heavy atom.